The first-order chi connectivity index (χ1) is 20.9. The van der Waals surface area contributed by atoms with E-state index in [9.17, 15) is 19.5 Å². The van der Waals surface area contributed by atoms with Crippen LogP contribution in [0.5, 0.6) is 17.2 Å². The van der Waals surface area contributed by atoms with Crippen LogP contribution in [0, 0.1) is 0 Å². The average molecular weight is 579 g/mol. The van der Waals surface area contributed by atoms with E-state index < -0.39 is 23.6 Å². The van der Waals surface area contributed by atoms with Crippen molar-refractivity contribution in [3.05, 3.63) is 125 Å². The maximum Gasteiger partial charge on any atom is 0.289 e. The van der Waals surface area contributed by atoms with Gasteiger partial charge in [-0.05, 0) is 59.0 Å². The Morgan fingerprint density at radius 1 is 0.791 bits per heavy atom. The number of carbonyl (C=O) groups excluding carboxylic acids is 3. The Kier molecular flexibility index (Phi) is 10.7. The van der Waals surface area contributed by atoms with Gasteiger partial charge in [-0.3, -0.25) is 14.4 Å². The lowest BCUT2D eigenvalue weighted by molar-refractivity contribution is -0.139. The number of methoxy groups -OCH3 is 2. The van der Waals surface area contributed by atoms with Crippen molar-refractivity contribution in [3.63, 3.8) is 0 Å². The molecule has 0 fully saturated rings. The Morgan fingerprint density at radius 2 is 1.47 bits per heavy atom. The van der Waals surface area contributed by atoms with Gasteiger partial charge in [0.05, 0.1) is 14.2 Å². The third kappa shape index (κ3) is 8.56. The molecule has 8 nitrogen and oxygen atoms in total. The van der Waals surface area contributed by atoms with Gasteiger partial charge in [-0.25, -0.2) is 0 Å². The fraction of sp³-hybridized carbons (Fsp3) is 0.171. The van der Waals surface area contributed by atoms with Gasteiger partial charge in [-0.1, -0.05) is 78.9 Å². The van der Waals surface area contributed by atoms with Crippen molar-refractivity contribution in [1.29, 1.82) is 0 Å². The number of phenols is 1. The summed E-state index contributed by atoms with van der Waals surface area (Å²) >= 11 is 0. The number of benzene rings is 4. The fourth-order valence-corrected chi connectivity index (χ4v) is 4.51. The third-order valence-corrected chi connectivity index (χ3v) is 6.83. The molecule has 0 saturated carbocycles. The predicted molar refractivity (Wildman–Crippen MR) is 166 cm³/mol. The van der Waals surface area contributed by atoms with Crippen molar-refractivity contribution in [1.82, 2.24) is 10.6 Å². The molecule has 220 valence electrons. The largest absolute Gasteiger partial charge is 0.504 e. The van der Waals surface area contributed by atoms with Crippen LogP contribution in [0.1, 0.15) is 22.3 Å². The molecule has 0 heterocycles. The lowest BCUT2D eigenvalue weighted by Crippen LogP contribution is -2.49. The SMILES string of the molecule is COc1ccc(CCNC(=O)C(=O)[C@H](Cc2ccccc2)NC(=O)/C(=C/c2ccc(OC)c(O)c2)c2ccccc2)cc1. The normalized spacial score (nSPS) is 11.7. The van der Waals surface area contributed by atoms with Crippen LogP contribution in [0.4, 0.5) is 0 Å². The van der Waals surface area contributed by atoms with Crippen molar-refractivity contribution in [3.8, 4) is 17.2 Å². The molecule has 0 saturated heterocycles. The van der Waals surface area contributed by atoms with Crippen molar-refractivity contribution >= 4 is 29.2 Å². The number of carbonyl (C=O) groups is 3. The molecule has 0 spiro atoms. The molecule has 0 radical (unpaired) electrons. The highest BCUT2D eigenvalue weighted by molar-refractivity contribution is 6.39. The van der Waals surface area contributed by atoms with Crippen LogP contribution >= 0.6 is 0 Å². The Morgan fingerprint density at radius 3 is 2.09 bits per heavy atom. The van der Waals surface area contributed by atoms with Gasteiger partial charge in [0.2, 0.25) is 5.78 Å². The summed E-state index contributed by atoms with van der Waals surface area (Å²) in [5.41, 5.74) is 3.18. The van der Waals surface area contributed by atoms with E-state index in [2.05, 4.69) is 10.6 Å². The summed E-state index contributed by atoms with van der Waals surface area (Å²) in [6.07, 6.45) is 2.26. The number of Topliss-reactive ketones (excluding diaryl/α,β-unsaturated/α-hetero) is 1. The van der Waals surface area contributed by atoms with Crippen molar-refractivity contribution in [2.75, 3.05) is 20.8 Å². The highest BCUT2D eigenvalue weighted by Gasteiger charge is 2.28. The minimum atomic E-state index is -1.12. The van der Waals surface area contributed by atoms with Gasteiger partial charge in [0.25, 0.3) is 11.8 Å². The molecule has 43 heavy (non-hydrogen) atoms. The number of hydrogen-bond acceptors (Lipinski definition) is 6. The summed E-state index contributed by atoms with van der Waals surface area (Å²) in [7, 11) is 3.04. The highest BCUT2D eigenvalue weighted by Crippen LogP contribution is 2.28. The highest BCUT2D eigenvalue weighted by atomic mass is 16.5. The van der Waals surface area contributed by atoms with Crippen LogP contribution in [-0.2, 0) is 27.2 Å². The summed E-state index contributed by atoms with van der Waals surface area (Å²) in [6, 6.07) is 29.3. The number of amides is 2. The standard InChI is InChI=1S/C35H34N2O6/c1-42-28-16-13-24(14-17-28)19-20-36-35(41)33(39)30(22-25-9-5-3-6-10-25)37-34(40)29(27-11-7-4-8-12-27)21-26-15-18-32(43-2)31(38)23-26/h3-18,21,23,30,38H,19-20,22H2,1-2H3,(H,36,41)(H,37,40)/b29-21+/t30-/m0/s1. The molecule has 4 aromatic carbocycles. The van der Waals surface area contributed by atoms with E-state index in [1.807, 2.05) is 60.7 Å². The molecule has 4 rings (SSSR count). The number of rotatable bonds is 13. The van der Waals surface area contributed by atoms with Crippen LogP contribution in [-0.4, -0.2) is 49.5 Å². The number of ketones is 1. The van der Waals surface area contributed by atoms with Crippen molar-refractivity contribution in [2.45, 2.75) is 18.9 Å². The Balaban J connectivity index is 1.55. The lowest BCUT2D eigenvalue weighted by atomic mass is 9.98. The first kappa shape index (κ1) is 30.6. The minimum Gasteiger partial charge on any atom is -0.504 e. The van der Waals surface area contributed by atoms with E-state index >= 15 is 0 Å². The van der Waals surface area contributed by atoms with E-state index in [1.54, 1.807) is 49.6 Å². The molecule has 4 aromatic rings. The molecule has 3 N–H and O–H groups in total. The van der Waals surface area contributed by atoms with E-state index in [4.69, 9.17) is 9.47 Å². The number of phenolic OH excluding ortho intramolecular Hbond substituents is 1. The summed E-state index contributed by atoms with van der Waals surface area (Å²) in [6.45, 7) is 0.249. The molecule has 0 aromatic heterocycles. The van der Waals surface area contributed by atoms with E-state index in [0.29, 0.717) is 23.3 Å². The van der Waals surface area contributed by atoms with Crippen LogP contribution < -0.4 is 20.1 Å². The second kappa shape index (κ2) is 15.0. The lowest BCUT2D eigenvalue weighted by Gasteiger charge is -2.19. The Bertz CT molecular complexity index is 1570. The molecule has 0 aliphatic carbocycles. The zero-order valence-corrected chi connectivity index (χ0v) is 24.1. The van der Waals surface area contributed by atoms with E-state index in [-0.39, 0.29) is 24.3 Å². The first-order valence-corrected chi connectivity index (χ1v) is 13.8. The van der Waals surface area contributed by atoms with Crippen LogP contribution in [0.3, 0.4) is 0 Å². The summed E-state index contributed by atoms with van der Waals surface area (Å²) in [4.78, 5) is 40.2. The fourth-order valence-electron chi connectivity index (χ4n) is 4.51. The second-order valence-electron chi connectivity index (χ2n) is 9.79. The van der Waals surface area contributed by atoms with Gasteiger partial charge >= 0.3 is 0 Å². The van der Waals surface area contributed by atoms with Gasteiger partial charge in [0.1, 0.15) is 11.8 Å². The van der Waals surface area contributed by atoms with Gasteiger partial charge in [0.15, 0.2) is 11.5 Å². The maximum atomic E-state index is 13.8. The smallest absolute Gasteiger partial charge is 0.289 e. The molecule has 0 unspecified atom stereocenters. The topological polar surface area (TPSA) is 114 Å². The van der Waals surface area contributed by atoms with E-state index in [0.717, 1.165) is 16.9 Å². The Labute approximate surface area is 251 Å². The van der Waals surface area contributed by atoms with E-state index in [1.165, 1.54) is 13.2 Å². The molecule has 1 atom stereocenters. The van der Waals surface area contributed by atoms with Gasteiger partial charge in [-0.2, -0.15) is 0 Å². The van der Waals surface area contributed by atoms with Crippen molar-refractivity contribution in [2.24, 2.45) is 0 Å². The molecule has 0 aliphatic heterocycles. The molecule has 8 heteroatoms. The zero-order valence-electron chi connectivity index (χ0n) is 24.1. The first-order valence-electron chi connectivity index (χ1n) is 13.8. The van der Waals surface area contributed by atoms with Crippen LogP contribution in [0.2, 0.25) is 0 Å². The van der Waals surface area contributed by atoms with Crippen LogP contribution in [0.25, 0.3) is 11.6 Å². The quantitative estimate of drug-likeness (QED) is 0.121. The average Bonchev–Trinajstić information content (AvgIpc) is 3.04. The molecule has 0 aliphatic rings. The minimum absolute atomic E-state index is 0.0764. The number of ether oxygens (including phenoxy) is 2. The van der Waals surface area contributed by atoms with Crippen LogP contribution in [0.15, 0.2) is 103 Å². The number of nitrogens with one attached hydrogen (secondary N) is 2. The summed E-state index contributed by atoms with van der Waals surface area (Å²) < 4.78 is 10.3. The van der Waals surface area contributed by atoms with Gasteiger partial charge in [-0.15, -0.1) is 0 Å². The molecular weight excluding hydrogens is 544 g/mol. The third-order valence-electron chi connectivity index (χ3n) is 6.83. The number of aromatic hydroxyl groups is 1. The molecule has 0 bridgehead atoms. The summed E-state index contributed by atoms with van der Waals surface area (Å²) in [5, 5.41) is 15.8. The molecule has 2 amide bonds. The van der Waals surface area contributed by atoms with Gasteiger partial charge in [0, 0.05) is 18.5 Å². The summed E-state index contributed by atoms with van der Waals surface area (Å²) in [5.74, 6) is -1.11. The van der Waals surface area contributed by atoms with Gasteiger partial charge < -0.3 is 25.2 Å². The molecular formula is C35H34N2O6. The maximum absolute atomic E-state index is 13.8. The van der Waals surface area contributed by atoms with Crippen molar-refractivity contribution < 1.29 is 29.0 Å². The number of hydrogen-bond donors (Lipinski definition) is 3. The zero-order chi connectivity index (χ0) is 30.6. The Hall–Kier alpha value is -5.37. The monoisotopic (exact) mass is 578 g/mol. The second-order valence-corrected chi connectivity index (χ2v) is 9.79. The predicted octanol–water partition coefficient (Wildman–Crippen LogP) is 4.61.